The van der Waals surface area contributed by atoms with Crippen molar-refractivity contribution in [3.05, 3.63) is 110 Å². The molecule has 3 rings (SSSR count). The van der Waals surface area contributed by atoms with Crippen molar-refractivity contribution in [3.8, 4) is 5.75 Å². The van der Waals surface area contributed by atoms with E-state index in [2.05, 4.69) is 4.74 Å². The van der Waals surface area contributed by atoms with Crippen molar-refractivity contribution in [3.63, 3.8) is 0 Å². The van der Waals surface area contributed by atoms with Gasteiger partial charge in [-0.3, -0.25) is 30.9 Å². The van der Waals surface area contributed by atoms with Gasteiger partial charge in [0, 0.05) is 30.3 Å². The summed E-state index contributed by atoms with van der Waals surface area (Å²) in [5.74, 6) is -57.0. The molecule has 2 N–H and O–H groups in total. The molecular formula is C31H17F17N4O9. The van der Waals surface area contributed by atoms with E-state index in [-0.39, 0.29) is 28.9 Å². The summed E-state index contributed by atoms with van der Waals surface area (Å²) in [5, 5.41) is 25.3. The molecule has 30 heteroatoms. The second-order valence-corrected chi connectivity index (χ2v) is 11.6. The molecule has 0 atom stereocenters. The molecule has 0 radical (unpaired) electrons. The number of nitrogens with one attached hydrogen (secondary N) is 2. The highest BCUT2D eigenvalue weighted by molar-refractivity contribution is 5.95. The molecule has 0 fully saturated rings. The number of nitro benzene ring substituents is 2. The van der Waals surface area contributed by atoms with Gasteiger partial charge in [0.2, 0.25) is 5.83 Å². The van der Waals surface area contributed by atoms with Crippen molar-refractivity contribution in [1.29, 1.82) is 0 Å². The molecule has 0 heterocycles. The Hall–Kier alpha value is -6.65. The number of benzene rings is 3. The van der Waals surface area contributed by atoms with E-state index in [1.807, 2.05) is 5.32 Å². The topological polar surface area (TPSA) is 172 Å². The number of anilines is 2. The number of halogens is 17. The molecule has 0 saturated carbocycles. The van der Waals surface area contributed by atoms with Crippen molar-refractivity contribution < 1.29 is 108 Å². The Morgan fingerprint density at radius 2 is 0.918 bits per heavy atom. The summed E-state index contributed by atoms with van der Waals surface area (Å²) in [5.41, 5.74) is -2.20. The van der Waals surface area contributed by atoms with Gasteiger partial charge in [-0.1, -0.05) is 0 Å². The minimum Gasteiger partial charge on any atom is -0.444 e. The van der Waals surface area contributed by atoms with Gasteiger partial charge in [0.25, 0.3) is 11.4 Å². The summed E-state index contributed by atoms with van der Waals surface area (Å²) < 4.78 is 245. The summed E-state index contributed by atoms with van der Waals surface area (Å²) in [6, 6.07) is 5.52. The van der Waals surface area contributed by atoms with Crippen LogP contribution in [0.15, 0.2) is 78.6 Å². The second-order valence-electron chi connectivity index (χ2n) is 11.6. The minimum atomic E-state index is -8.80. The Labute approximate surface area is 324 Å². The Morgan fingerprint density at radius 1 is 0.541 bits per heavy atom. The number of nitrogens with zero attached hydrogens (tertiary/aromatic N) is 2. The maximum absolute atomic E-state index is 14.5. The molecule has 13 nitrogen and oxygen atoms in total. The zero-order chi connectivity index (χ0) is 46.7. The Bertz CT molecular complexity index is 2170. The molecule has 2 amide bonds. The van der Waals surface area contributed by atoms with Crippen LogP contribution in [0.5, 0.6) is 5.75 Å². The van der Waals surface area contributed by atoms with Crippen LogP contribution in [0, 0.1) is 20.2 Å². The van der Waals surface area contributed by atoms with Crippen LogP contribution in [0.2, 0.25) is 0 Å². The van der Waals surface area contributed by atoms with Crippen LogP contribution in [-0.4, -0.2) is 63.7 Å². The summed E-state index contributed by atoms with van der Waals surface area (Å²) in [6.45, 7) is -1.32. The van der Waals surface area contributed by atoms with Crippen LogP contribution in [0.3, 0.4) is 0 Å². The van der Waals surface area contributed by atoms with E-state index in [0.29, 0.717) is 6.07 Å². The second kappa shape index (κ2) is 17.1. The number of amides is 2. The first-order valence-corrected chi connectivity index (χ1v) is 15.3. The van der Waals surface area contributed by atoms with Crippen LogP contribution in [-0.2, 0) is 22.7 Å². The maximum atomic E-state index is 14.5. The number of ether oxygens (including phenoxy) is 3. The van der Waals surface area contributed by atoms with Gasteiger partial charge in [-0.15, -0.1) is 0 Å². The predicted octanol–water partition coefficient (Wildman–Crippen LogP) is 10.9. The number of hydrogen-bond donors (Lipinski definition) is 2. The van der Waals surface area contributed by atoms with Gasteiger partial charge in [0.05, 0.1) is 21.2 Å². The Morgan fingerprint density at radius 3 is 1.31 bits per heavy atom. The molecule has 0 aromatic heterocycles. The largest absolute Gasteiger partial charge is 0.460 e. The van der Waals surface area contributed by atoms with Gasteiger partial charge in [-0.2, -0.15) is 74.6 Å². The highest BCUT2D eigenvalue weighted by Gasteiger charge is 2.94. The van der Waals surface area contributed by atoms with E-state index in [1.165, 1.54) is 0 Å². The Balaban J connectivity index is 1.95. The third-order valence-electron chi connectivity index (χ3n) is 7.48. The van der Waals surface area contributed by atoms with E-state index in [0.717, 1.165) is 48.5 Å². The lowest BCUT2D eigenvalue weighted by Crippen LogP contribution is -2.72. The monoisotopic (exact) mass is 912 g/mol. The normalized spacial score (nSPS) is 13.5. The molecule has 3 aromatic carbocycles. The number of rotatable bonds is 16. The van der Waals surface area contributed by atoms with E-state index in [9.17, 15) is 104 Å². The van der Waals surface area contributed by atoms with Crippen LogP contribution in [0.1, 0.15) is 11.1 Å². The summed E-state index contributed by atoms with van der Waals surface area (Å²) >= 11 is 0. The minimum absolute atomic E-state index is 0.0764. The lowest BCUT2D eigenvalue weighted by Gasteiger charge is -2.41. The number of allylic oxidation sites excluding steroid dienone is 1. The van der Waals surface area contributed by atoms with E-state index >= 15 is 0 Å². The van der Waals surface area contributed by atoms with Crippen LogP contribution < -0.4 is 15.4 Å². The van der Waals surface area contributed by atoms with Gasteiger partial charge in [-0.05, 0) is 47.5 Å². The van der Waals surface area contributed by atoms with Gasteiger partial charge in [-0.25, -0.2) is 9.59 Å². The number of hydrogen-bond acceptors (Lipinski definition) is 9. The fraction of sp³-hybridized carbons (Fsp3) is 0.290. The average molecular weight is 912 g/mol. The molecule has 0 aliphatic carbocycles. The number of carbonyl (C=O) groups is 2. The zero-order valence-electron chi connectivity index (χ0n) is 28.8. The van der Waals surface area contributed by atoms with Crippen molar-refractivity contribution in [2.24, 2.45) is 0 Å². The first kappa shape index (κ1) is 48.7. The molecule has 3 aromatic rings. The molecule has 61 heavy (non-hydrogen) atoms. The summed E-state index contributed by atoms with van der Waals surface area (Å²) in [7, 11) is 0. The summed E-state index contributed by atoms with van der Waals surface area (Å²) in [6.07, 6.45) is -10.9. The first-order valence-electron chi connectivity index (χ1n) is 15.3. The predicted molar refractivity (Wildman–Crippen MR) is 166 cm³/mol. The van der Waals surface area contributed by atoms with Crippen molar-refractivity contribution in [1.82, 2.24) is 0 Å². The smallest absolute Gasteiger partial charge is 0.444 e. The van der Waals surface area contributed by atoms with Crippen molar-refractivity contribution in [2.45, 2.75) is 54.9 Å². The van der Waals surface area contributed by atoms with Gasteiger partial charge < -0.3 is 14.2 Å². The average Bonchev–Trinajstić information content (AvgIpc) is 3.16. The van der Waals surface area contributed by atoms with Gasteiger partial charge >= 0.3 is 59.9 Å². The van der Waals surface area contributed by atoms with E-state index < -0.39 is 112 Å². The van der Waals surface area contributed by atoms with Crippen molar-refractivity contribution >= 4 is 34.9 Å². The summed E-state index contributed by atoms with van der Waals surface area (Å²) in [4.78, 5) is 45.0. The third kappa shape index (κ3) is 9.71. The fourth-order valence-electron chi connectivity index (χ4n) is 4.19. The standard InChI is InChI=1S/C31H17F17N4O9/c32-21(25(34,35)26(36,37)27(38,39)28(40,41)29(42,43)30(44,45)31(46,47)48)22(33)61-18-9-10-19(49-23(53)59-12-14-1-5-16(6-2-14)51(55)56)20(11-18)50-24(54)60-13-15-3-7-17(8-4-15)52(57)58/h1-11H,12-13H2,(H,49,53)(H,50,54). The van der Waals surface area contributed by atoms with Crippen LogP contribution in [0.25, 0.3) is 0 Å². The van der Waals surface area contributed by atoms with E-state index in [1.54, 1.807) is 5.32 Å². The molecule has 0 saturated heterocycles. The number of alkyl halides is 15. The maximum Gasteiger partial charge on any atom is 0.460 e. The number of nitro groups is 2. The molecule has 0 unspecified atom stereocenters. The van der Waals surface area contributed by atoms with Crippen LogP contribution in [0.4, 0.5) is 107 Å². The fourth-order valence-corrected chi connectivity index (χ4v) is 4.19. The van der Waals surface area contributed by atoms with Crippen molar-refractivity contribution in [2.75, 3.05) is 10.6 Å². The molecule has 0 spiro atoms. The van der Waals surface area contributed by atoms with E-state index in [4.69, 9.17) is 9.47 Å². The molecule has 0 aliphatic rings. The molecule has 334 valence electrons. The molecule has 0 bridgehead atoms. The molecular weight excluding hydrogens is 895 g/mol. The van der Waals surface area contributed by atoms with Gasteiger partial charge in [0.15, 0.2) is 0 Å². The van der Waals surface area contributed by atoms with Crippen LogP contribution >= 0.6 is 0 Å². The lowest BCUT2D eigenvalue weighted by molar-refractivity contribution is -0.451. The molecule has 0 aliphatic heterocycles. The zero-order valence-corrected chi connectivity index (χ0v) is 28.8. The first-order chi connectivity index (χ1) is 27.7. The highest BCUT2D eigenvalue weighted by atomic mass is 19.4. The SMILES string of the molecule is O=C(Nc1ccc(OC(F)=C(F)C(F)(F)C(F)(F)C(F)(F)C(F)(F)C(F)(F)C(F)(F)C(F)(F)F)cc1NC(=O)OCc1ccc([N+](=O)[O-])cc1)OCc1ccc([N+](=O)[O-])cc1. The number of carbonyl (C=O) groups excluding carboxylic acids is 2. The van der Waals surface area contributed by atoms with Gasteiger partial charge in [0.1, 0.15) is 19.0 Å². The highest BCUT2D eigenvalue weighted by Crippen LogP contribution is 2.63. The lowest BCUT2D eigenvalue weighted by atomic mass is 9.91. The third-order valence-corrected chi connectivity index (χ3v) is 7.48. The number of non-ortho nitro benzene ring substituents is 2. The quantitative estimate of drug-likeness (QED) is 0.0614. The Kier molecular flexibility index (Phi) is 13.7.